The number of carbonyl (C=O) groups excluding carboxylic acids is 1. The van der Waals surface area contributed by atoms with Crippen LogP contribution in [0.2, 0.25) is 0 Å². The van der Waals surface area contributed by atoms with Gasteiger partial charge >= 0.3 is 0 Å². The van der Waals surface area contributed by atoms with E-state index in [-0.39, 0.29) is 5.91 Å². The second-order valence-electron chi connectivity index (χ2n) is 4.55. The molecule has 2 aromatic rings. The lowest BCUT2D eigenvalue weighted by Crippen LogP contribution is -2.30. The number of nitrogens with one attached hydrogen (secondary N) is 1. The molecule has 0 bridgehead atoms. The molecule has 20 heavy (non-hydrogen) atoms. The van der Waals surface area contributed by atoms with Crippen LogP contribution in [0.4, 0.5) is 0 Å². The highest BCUT2D eigenvalue weighted by molar-refractivity contribution is 9.10. The molecule has 0 unspecified atom stereocenters. The molecule has 106 valence electrons. The SMILES string of the molecule is CN(Cc1cccc(Br)c1)Cc1ccsc1C(=O)NN. The quantitative estimate of drug-likeness (QED) is 0.493. The molecule has 3 N–H and O–H groups in total. The average molecular weight is 354 g/mol. The molecule has 0 aliphatic carbocycles. The number of carbonyl (C=O) groups is 1. The van der Waals surface area contributed by atoms with Crippen molar-refractivity contribution >= 4 is 33.2 Å². The summed E-state index contributed by atoms with van der Waals surface area (Å²) in [4.78, 5) is 14.5. The van der Waals surface area contributed by atoms with Crippen molar-refractivity contribution < 1.29 is 4.79 Å². The molecule has 1 aromatic heterocycles. The Kier molecular flexibility index (Phi) is 5.31. The summed E-state index contributed by atoms with van der Waals surface area (Å²) in [6.45, 7) is 1.53. The van der Waals surface area contributed by atoms with Crippen LogP contribution < -0.4 is 11.3 Å². The third-order valence-corrected chi connectivity index (χ3v) is 4.31. The maximum Gasteiger partial charge on any atom is 0.275 e. The highest BCUT2D eigenvalue weighted by Gasteiger charge is 2.13. The van der Waals surface area contributed by atoms with Gasteiger partial charge in [-0.05, 0) is 41.8 Å². The normalized spacial score (nSPS) is 10.8. The fourth-order valence-electron chi connectivity index (χ4n) is 2.02. The van der Waals surface area contributed by atoms with Crippen LogP contribution in [0.25, 0.3) is 0 Å². The van der Waals surface area contributed by atoms with Gasteiger partial charge in [-0.25, -0.2) is 5.84 Å². The number of nitrogen functional groups attached to an aromatic ring is 1. The van der Waals surface area contributed by atoms with Gasteiger partial charge in [0.25, 0.3) is 5.91 Å². The van der Waals surface area contributed by atoms with E-state index in [0.29, 0.717) is 11.4 Å². The van der Waals surface area contributed by atoms with Gasteiger partial charge in [0.2, 0.25) is 0 Å². The summed E-state index contributed by atoms with van der Waals surface area (Å²) >= 11 is 4.88. The zero-order chi connectivity index (χ0) is 14.5. The molecule has 0 atom stereocenters. The first-order chi connectivity index (χ1) is 9.60. The van der Waals surface area contributed by atoms with Crippen molar-refractivity contribution in [3.05, 3.63) is 56.2 Å². The van der Waals surface area contributed by atoms with Crippen LogP contribution in [0.3, 0.4) is 0 Å². The molecule has 1 amide bonds. The van der Waals surface area contributed by atoms with E-state index in [9.17, 15) is 4.79 Å². The van der Waals surface area contributed by atoms with E-state index in [2.05, 4.69) is 38.4 Å². The van der Waals surface area contributed by atoms with Gasteiger partial charge in [0.05, 0.1) is 4.88 Å². The zero-order valence-electron chi connectivity index (χ0n) is 11.1. The van der Waals surface area contributed by atoms with Gasteiger partial charge in [-0.15, -0.1) is 11.3 Å². The minimum atomic E-state index is -0.231. The molecule has 0 saturated heterocycles. The van der Waals surface area contributed by atoms with Gasteiger partial charge in [-0.2, -0.15) is 0 Å². The van der Waals surface area contributed by atoms with E-state index in [1.54, 1.807) is 0 Å². The molecule has 0 spiro atoms. The molecule has 6 heteroatoms. The van der Waals surface area contributed by atoms with E-state index in [1.165, 1.54) is 16.9 Å². The van der Waals surface area contributed by atoms with E-state index < -0.39 is 0 Å². The summed E-state index contributed by atoms with van der Waals surface area (Å²) in [6, 6.07) is 10.2. The van der Waals surface area contributed by atoms with Crippen molar-refractivity contribution in [2.24, 2.45) is 5.84 Å². The predicted molar refractivity (Wildman–Crippen MR) is 85.3 cm³/mol. The molecular formula is C14H16BrN3OS. The number of thiophene rings is 1. The predicted octanol–water partition coefficient (Wildman–Crippen LogP) is 2.75. The summed E-state index contributed by atoms with van der Waals surface area (Å²) in [5.41, 5.74) is 4.40. The van der Waals surface area contributed by atoms with Crippen LogP contribution >= 0.6 is 27.3 Å². The first-order valence-corrected chi connectivity index (χ1v) is 7.77. The number of nitrogens with two attached hydrogens (primary N) is 1. The monoisotopic (exact) mass is 353 g/mol. The van der Waals surface area contributed by atoms with Crippen molar-refractivity contribution in [1.82, 2.24) is 10.3 Å². The lowest BCUT2D eigenvalue weighted by Gasteiger charge is -2.17. The molecule has 0 fully saturated rings. The summed E-state index contributed by atoms with van der Waals surface area (Å²) in [5.74, 6) is 4.96. The van der Waals surface area contributed by atoms with Gasteiger partial charge in [-0.1, -0.05) is 28.1 Å². The lowest BCUT2D eigenvalue weighted by molar-refractivity contribution is 0.0956. The van der Waals surface area contributed by atoms with Crippen LogP contribution in [-0.4, -0.2) is 17.9 Å². The Morgan fingerprint density at radius 1 is 1.40 bits per heavy atom. The maximum absolute atomic E-state index is 11.6. The van der Waals surface area contributed by atoms with Crippen molar-refractivity contribution in [2.75, 3.05) is 7.05 Å². The van der Waals surface area contributed by atoms with Crippen molar-refractivity contribution in [3.63, 3.8) is 0 Å². The van der Waals surface area contributed by atoms with Gasteiger partial charge in [0.15, 0.2) is 0 Å². The van der Waals surface area contributed by atoms with Crippen LogP contribution in [-0.2, 0) is 13.1 Å². The van der Waals surface area contributed by atoms with Gasteiger partial charge in [0, 0.05) is 17.6 Å². The third kappa shape index (κ3) is 3.89. The fourth-order valence-corrected chi connectivity index (χ4v) is 3.28. The minimum absolute atomic E-state index is 0.231. The Hall–Kier alpha value is -1.21. The van der Waals surface area contributed by atoms with Crippen LogP contribution in [0.15, 0.2) is 40.2 Å². The highest BCUT2D eigenvalue weighted by Crippen LogP contribution is 2.19. The van der Waals surface area contributed by atoms with E-state index in [1.807, 2.05) is 30.6 Å². The number of rotatable bonds is 5. The first kappa shape index (κ1) is 15.2. The minimum Gasteiger partial charge on any atom is -0.298 e. The van der Waals surface area contributed by atoms with Gasteiger partial charge < -0.3 is 0 Å². The number of halogens is 1. The third-order valence-electron chi connectivity index (χ3n) is 2.87. The van der Waals surface area contributed by atoms with Gasteiger partial charge in [-0.3, -0.25) is 15.1 Å². The fraction of sp³-hybridized carbons (Fsp3) is 0.214. The Balaban J connectivity index is 2.03. The standard InChI is InChI=1S/C14H16BrN3OS/c1-18(8-10-3-2-4-12(15)7-10)9-11-5-6-20-13(11)14(19)17-16/h2-7H,8-9,16H2,1H3,(H,17,19). The smallest absolute Gasteiger partial charge is 0.275 e. The molecule has 0 aliphatic heterocycles. The van der Waals surface area contributed by atoms with Gasteiger partial charge in [0.1, 0.15) is 0 Å². The van der Waals surface area contributed by atoms with E-state index in [0.717, 1.165) is 16.6 Å². The van der Waals surface area contributed by atoms with E-state index >= 15 is 0 Å². The van der Waals surface area contributed by atoms with E-state index in [4.69, 9.17) is 5.84 Å². The topological polar surface area (TPSA) is 58.4 Å². The first-order valence-electron chi connectivity index (χ1n) is 6.10. The lowest BCUT2D eigenvalue weighted by atomic mass is 10.2. The molecule has 0 saturated carbocycles. The number of benzene rings is 1. The van der Waals surface area contributed by atoms with Crippen LogP contribution in [0.5, 0.6) is 0 Å². The number of hydrazine groups is 1. The second-order valence-corrected chi connectivity index (χ2v) is 6.38. The Morgan fingerprint density at radius 3 is 2.90 bits per heavy atom. The molecule has 1 aromatic carbocycles. The number of hydrogen-bond donors (Lipinski definition) is 2. The summed E-state index contributed by atoms with van der Waals surface area (Å²) in [5, 5.41) is 1.91. The molecule has 0 radical (unpaired) electrons. The van der Waals surface area contributed by atoms with Crippen molar-refractivity contribution in [3.8, 4) is 0 Å². The highest BCUT2D eigenvalue weighted by atomic mass is 79.9. The average Bonchev–Trinajstić information content (AvgIpc) is 2.85. The summed E-state index contributed by atoms with van der Waals surface area (Å²) in [7, 11) is 2.03. The summed E-state index contributed by atoms with van der Waals surface area (Å²) in [6.07, 6.45) is 0. The Bertz CT molecular complexity index is 600. The Morgan fingerprint density at radius 2 is 2.20 bits per heavy atom. The van der Waals surface area contributed by atoms with Crippen molar-refractivity contribution in [2.45, 2.75) is 13.1 Å². The Labute approximate surface area is 130 Å². The number of hydrogen-bond acceptors (Lipinski definition) is 4. The molecule has 2 rings (SSSR count). The maximum atomic E-state index is 11.6. The second kappa shape index (κ2) is 6.99. The number of nitrogens with zero attached hydrogens (tertiary/aromatic N) is 1. The van der Waals surface area contributed by atoms with Crippen molar-refractivity contribution in [1.29, 1.82) is 0 Å². The van der Waals surface area contributed by atoms with Crippen LogP contribution in [0, 0.1) is 0 Å². The largest absolute Gasteiger partial charge is 0.298 e. The van der Waals surface area contributed by atoms with Crippen LogP contribution in [0.1, 0.15) is 20.8 Å². The molecule has 0 aliphatic rings. The molecule has 1 heterocycles. The molecule has 4 nitrogen and oxygen atoms in total. The summed E-state index contributed by atoms with van der Waals surface area (Å²) < 4.78 is 1.07. The zero-order valence-corrected chi connectivity index (χ0v) is 13.5. The molecular weight excluding hydrogens is 338 g/mol. The number of amides is 1.